The van der Waals surface area contributed by atoms with E-state index in [0.717, 1.165) is 18.8 Å². The van der Waals surface area contributed by atoms with Gasteiger partial charge in [-0.3, -0.25) is 4.90 Å². The quantitative estimate of drug-likeness (QED) is 0.416. The monoisotopic (exact) mass is 277 g/mol. The summed E-state index contributed by atoms with van der Waals surface area (Å²) in [7, 11) is 0. The minimum Gasteiger partial charge on any atom is -0.488 e. The lowest BCUT2D eigenvalue weighted by atomic mass is 10.3. The number of rotatable bonds is 8. The molecular formula is C16H23NO3. The zero-order valence-corrected chi connectivity index (χ0v) is 12.5. The molecule has 1 aromatic carbocycles. The van der Waals surface area contributed by atoms with Crippen LogP contribution in [0, 0.1) is 0 Å². The molecular weight excluding hydrogens is 254 g/mol. The van der Waals surface area contributed by atoms with Crippen molar-refractivity contribution in [3.63, 3.8) is 0 Å². The van der Waals surface area contributed by atoms with Crippen LogP contribution in [0.1, 0.15) is 20.8 Å². The van der Waals surface area contributed by atoms with Gasteiger partial charge in [0.2, 0.25) is 0 Å². The number of carbonyl (C=O) groups is 1. The third-order valence-electron chi connectivity index (χ3n) is 2.95. The van der Waals surface area contributed by atoms with E-state index >= 15 is 0 Å². The summed E-state index contributed by atoms with van der Waals surface area (Å²) in [4.78, 5) is 13.7. The molecule has 1 rings (SSSR count). The SMILES string of the molecule is C=C(C)C(=O)OC(COc1ccccc1)N(CC)CC. The molecule has 0 saturated carbocycles. The normalized spacial score (nSPS) is 12.0. The largest absolute Gasteiger partial charge is 0.488 e. The molecule has 1 atom stereocenters. The van der Waals surface area contributed by atoms with Gasteiger partial charge >= 0.3 is 5.97 Å². The van der Waals surface area contributed by atoms with E-state index in [-0.39, 0.29) is 0 Å². The van der Waals surface area contributed by atoms with E-state index in [1.54, 1.807) is 6.92 Å². The van der Waals surface area contributed by atoms with Gasteiger partial charge in [-0.25, -0.2) is 4.79 Å². The van der Waals surface area contributed by atoms with Crippen molar-refractivity contribution >= 4 is 5.97 Å². The summed E-state index contributed by atoms with van der Waals surface area (Å²) >= 11 is 0. The van der Waals surface area contributed by atoms with Crippen molar-refractivity contribution in [2.24, 2.45) is 0 Å². The summed E-state index contributed by atoms with van der Waals surface area (Å²) in [6.07, 6.45) is -0.408. The zero-order chi connectivity index (χ0) is 15.0. The van der Waals surface area contributed by atoms with E-state index in [2.05, 4.69) is 6.58 Å². The topological polar surface area (TPSA) is 38.8 Å². The third kappa shape index (κ3) is 5.05. The van der Waals surface area contributed by atoms with E-state index in [0.29, 0.717) is 12.2 Å². The van der Waals surface area contributed by atoms with Crippen LogP contribution >= 0.6 is 0 Å². The zero-order valence-electron chi connectivity index (χ0n) is 12.5. The first-order valence-corrected chi connectivity index (χ1v) is 6.86. The van der Waals surface area contributed by atoms with Gasteiger partial charge in [-0.2, -0.15) is 0 Å². The highest BCUT2D eigenvalue weighted by Crippen LogP contribution is 2.12. The molecule has 0 heterocycles. The average Bonchev–Trinajstić information content (AvgIpc) is 2.46. The average molecular weight is 277 g/mol. The number of hydrogen-bond donors (Lipinski definition) is 0. The molecule has 0 amide bonds. The van der Waals surface area contributed by atoms with Gasteiger partial charge in [0.1, 0.15) is 12.4 Å². The summed E-state index contributed by atoms with van der Waals surface area (Å²) in [5, 5.41) is 0. The maximum Gasteiger partial charge on any atom is 0.334 e. The van der Waals surface area contributed by atoms with Crippen molar-refractivity contribution in [1.29, 1.82) is 0 Å². The lowest BCUT2D eigenvalue weighted by Gasteiger charge is -2.29. The van der Waals surface area contributed by atoms with Crippen LogP contribution in [-0.2, 0) is 9.53 Å². The molecule has 110 valence electrons. The second-order valence-corrected chi connectivity index (χ2v) is 4.49. The minimum absolute atomic E-state index is 0.296. The minimum atomic E-state index is -0.408. The summed E-state index contributed by atoms with van der Waals surface area (Å²) in [5.41, 5.74) is 0.391. The van der Waals surface area contributed by atoms with Crippen molar-refractivity contribution in [1.82, 2.24) is 4.90 Å². The number of benzene rings is 1. The van der Waals surface area contributed by atoms with Crippen molar-refractivity contribution in [2.45, 2.75) is 27.0 Å². The fourth-order valence-corrected chi connectivity index (χ4v) is 1.75. The molecule has 0 aliphatic carbocycles. The Bertz CT molecular complexity index is 427. The Hall–Kier alpha value is -1.81. The van der Waals surface area contributed by atoms with E-state index in [1.807, 2.05) is 49.1 Å². The molecule has 0 bridgehead atoms. The van der Waals surface area contributed by atoms with Gasteiger partial charge in [0.05, 0.1) is 0 Å². The Balaban J connectivity index is 2.67. The lowest BCUT2D eigenvalue weighted by Crippen LogP contribution is -2.42. The van der Waals surface area contributed by atoms with E-state index in [4.69, 9.17) is 9.47 Å². The molecule has 0 aliphatic heterocycles. The predicted molar refractivity (Wildman–Crippen MR) is 79.6 cm³/mol. The lowest BCUT2D eigenvalue weighted by molar-refractivity contribution is -0.157. The molecule has 1 unspecified atom stereocenters. The van der Waals surface area contributed by atoms with Gasteiger partial charge in [0.25, 0.3) is 0 Å². The second-order valence-electron chi connectivity index (χ2n) is 4.49. The summed E-state index contributed by atoms with van der Waals surface area (Å²) < 4.78 is 11.1. The van der Waals surface area contributed by atoms with Gasteiger partial charge in [-0.15, -0.1) is 0 Å². The van der Waals surface area contributed by atoms with Gasteiger partial charge in [-0.1, -0.05) is 38.6 Å². The Morgan fingerprint density at radius 3 is 2.35 bits per heavy atom. The predicted octanol–water partition coefficient (Wildman–Crippen LogP) is 2.85. The number of hydrogen-bond acceptors (Lipinski definition) is 4. The van der Waals surface area contributed by atoms with Crippen molar-refractivity contribution in [3.8, 4) is 5.75 Å². The maximum atomic E-state index is 11.7. The highest BCUT2D eigenvalue weighted by Gasteiger charge is 2.21. The molecule has 0 spiro atoms. The molecule has 0 aromatic heterocycles. The van der Waals surface area contributed by atoms with Gasteiger partial charge in [0.15, 0.2) is 6.23 Å². The number of nitrogens with zero attached hydrogens (tertiary/aromatic N) is 1. The molecule has 0 aliphatic rings. The molecule has 4 heteroatoms. The molecule has 4 nitrogen and oxygen atoms in total. The fraction of sp³-hybridized carbons (Fsp3) is 0.438. The number of carbonyl (C=O) groups excluding carboxylic acids is 1. The molecule has 0 radical (unpaired) electrons. The second kappa shape index (κ2) is 8.38. The molecule has 1 aromatic rings. The molecule has 0 saturated heterocycles. The first-order valence-electron chi connectivity index (χ1n) is 6.86. The van der Waals surface area contributed by atoms with Crippen LogP contribution in [0.4, 0.5) is 0 Å². The third-order valence-corrected chi connectivity index (χ3v) is 2.95. The Labute approximate surface area is 121 Å². The van der Waals surface area contributed by atoms with Crippen LogP contribution in [0.2, 0.25) is 0 Å². The van der Waals surface area contributed by atoms with E-state index in [1.165, 1.54) is 0 Å². The van der Waals surface area contributed by atoms with Gasteiger partial charge < -0.3 is 9.47 Å². The van der Waals surface area contributed by atoms with Crippen molar-refractivity contribution < 1.29 is 14.3 Å². The Kier molecular flexibility index (Phi) is 6.81. The Morgan fingerprint density at radius 1 is 1.25 bits per heavy atom. The van der Waals surface area contributed by atoms with Crippen LogP contribution in [0.3, 0.4) is 0 Å². The van der Waals surface area contributed by atoms with E-state index in [9.17, 15) is 4.79 Å². The van der Waals surface area contributed by atoms with Crippen LogP contribution in [0.15, 0.2) is 42.5 Å². The molecule has 0 N–H and O–H groups in total. The van der Waals surface area contributed by atoms with Crippen LogP contribution in [-0.4, -0.2) is 36.8 Å². The van der Waals surface area contributed by atoms with Gasteiger partial charge in [-0.05, 0) is 32.1 Å². The maximum absolute atomic E-state index is 11.7. The number of esters is 1. The first kappa shape index (κ1) is 16.2. The number of ether oxygens (including phenoxy) is 2. The highest BCUT2D eigenvalue weighted by atomic mass is 16.6. The number of likely N-dealkylation sites (N-methyl/N-ethyl adjacent to an activating group) is 1. The van der Waals surface area contributed by atoms with Gasteiger partial charge in [0, 0.05) is 5.57 Å². The number of para-hydroxylation sites is 1. The first-order chi connectivity index (χ1) is 9.58. The van der Waals surface area contributed by atoms with Crippen molar-refractivity contribution in [2.75, 3.05) is 19.7 Å². The Morgan fingerprint density at radius 2 is 1.85 bits per heavy atom. The highest BCUT2D eigenvalue weighted by molar-refractivity contribution is 5.87. The van der Waals surface area contributed by atoms with Crippen molar-refractivity contribution in [3.05, 3.63) is 42.5 Å². The summed E-state index contributed by atoms with van der Waals surface area (Å²) in [6.45, 7) is 11.1. The standard InChI is InChI=1S/C16H23NO3/c1-5-17(6-2)15(20-16(18)13(3)4)12-19-14-10-8-7-9-11-14/h7-11,15H,3,5-6,12H2,1-2,4H3. The summed E-state index contributed by atoms with van der Waals surface area (Å²) in [6, 6.07) is 9.48. The molecule has 20 heavy (non-hydrogen) atoms. The van der Waals surface area contributed by atoms with Crippen LogP contribution in [0.25, 0.3) is 0 Å². The summed E-state index contributed by atoms with van der Waals surface area (Å²) in [5.74, 6) is 0.370. The van der Waals surface area contributed by atoms with Crippen LogP contribution in [0.5, 0.6) is 5.75 Å². The van der Waals surface area contributed by atoms with E-state index < -0.39 is 12.2 Å². The van der Waals surface area contributed by atoms with Crippen LogP contribution < -0.4 is 4.74 Å². The fourth-order valence-electron chi connectivity index (χ4n) is 1.75. The smallest absolute Gasteiger partial charge is 0.334 e. The molecule has 0 fully saturated rings.